The Hall–Kier alpha value is -2.36. The molecule has 0 aromatic heterocycles. The van der Waals surface area contributed by atoms with E-state index in [1.807, 2.05) is 0 Å². The van der Waals surface area contributed by atoms with E-state index in [9.17, 15) is 0 Å². The Morgan fingerprint density at radius 1 is 0.444 bits per heavy atom. The summed E-state index contributed by atoms with van der Waals surface area (Å²) in [6, 6.07) is 4.73. The molecule has 0 unspecified atom stereocenters. The maximum Gasteiger partial charge on any atom is 0.204 e. The molecule has 0 aliphatic heterocycles. The SMILES string of the molecule is COc1c(OC)c(-c2cc(C(C)(C)C)cc(C(C)(C)C)c2C(C)(C)C)c(OC)c(C(C)(C)C)c1OC. The van der Waals surface area contributed by atoms with Gasteiger partial charge in [0.15, 0.2) is 11.5 Å². The summed E-state index contributed by atoms with van der Waals surface area (Å²) in [5.74, 6) is 2.60. The first kappa shape index (κ1) is 29.9. The second-order valence-corrected chi connectivity index (χ2v) is 13.8. The second-order valence-electron chi connectivity index (χ2n) is 13.8. The van der Waals surface area contributed by atoms with Gasteiger partial charge in [-0.1, -0.05) is 95.2 Å². The molecule has 0 aliphatic rings. The van der Waals surface area contributed by atoms with Crippen molar-refractivity contribution in [1.82, 2.24) is 0 Å². The molecule has 2 aromatic carbocycles. The van der Waals surface area contributed by atoms with Gasteiger partial charge in [-0.3, -0.25) is 0 Å². The first-order chi connectivity index (χ1) is 16.2. The molecule has 36 heavy (non-hydrogen) atoms. The number of benzene rings is 2. The third-order valence-corrected chi connectivity index (χ3v) is 6.72. The van der Waals surface area contributed by atoms with Gasteiger partial charge in [-0.15, -0.1) is 0 Å². The predicted octanol–water partition coefficient (Wildman–Crippen LogP) is 8.58. The molecule has 0 atom stereocenters. The Morgan fingerprint density at radius 2 is 0.889 bits per heavy atom. The first-order valence-corrected chi connectivity index (χ1v) is 12.9. The standard InChI is InChI=1S/C32H50O4/c1-29(2,3)19-17-20(23(31(7,8)9)21(18-19)30(4,5)6)22-25(33-13)24(32(10,11)12)27(35-15)28(36-16)26(22)34-14/h17-18H,1-16H3. The Morgan fingerprint density at radius 3 is 1.22 bits per heavy atom. The molecule has 0 fully saturated rings. The van der Waals surface area contributed by atoms with Crippen LogP contribution in [0.15, 0.2) is 12.1 Å². The largest absolute Gasteiger partial charge is 0.496 e. The number of rotatable bonds is 5. The highest BCUT2D eigenvalue weighted by Gasteiger charge is 2.38. The van der Waals surface area contributed by atoms with Crippen molar-refractivity contribution in [1.29, 1.82) is 0 Å². The molecule has 0 saturated carbocycles. The van der Waals surface area contributed by atoms with E-state index in [0.29, 0.717) is 17.2 Å². The molecule has 0 saturated heterocycles. The molecule has 0 spiro atoms. The summed E-state index contributed by atoms with van der Waals surface area (Å²) in [5.41, 5.74) is 6.33. The van der Waals surface area contributed by atoms with Crippen molar-refractivity contribution in [2.75, 3.05) is 28.4 Å². The van der Waals surface area contributed by atoms with Crippen LogP contribution < -0.4 is 18.9 Å². The normalized spacial score (nSPS) is 13.0. The lowest BCUT2D eigenvalue weighted by Crippen LogP contribution is -2.25. The molecule has 2 rings (SSSR count). The fourth-order valence-electron chi connectivity index (χ4n) is 5.04. The van der Waals surface area contributed by atoms with Crippen LogP contribution in [0.25, 0.3) is 11.1 Å². The molecule has 0 aliphatic carbocycles. The summed E-state index contributed by atoms with van der Waals surface area (Å²) in [6.45, 7) is 27.0. The molecule has 202 valence electrons. The predicted molar refractivity (Wildman–Crippen MR) is 153 cm³/mol. The average molecular weight is 499 g/mol. The van der Waals surface area contributed by atoms with Gasteiger partial charge in [0.1, 0.15) is 5.75 Å². The van der Waals surface area contributed by atoms with Gasteiger partial charge in [0.05, 0.1) is 34.0 Å². The van der Waals surface area contributed by atoms with E-state index in [4.69, 9.17) is 18.9 Å². The quantitative estimate of drug-likeness (QED) is 0.414. The van der Waals surface area contributed by atoms with Crippen molar-refractivity contribution in [3.05, 3.63) is 34.4 Å². The molecule has 0 amide bonds. The lowest BCUT2D eigenvalue weighted by atomic mass is 9.69. The first-order valence-electron chi connectivity index (χ1n) is 12.9. The second kappa shape index (κ2) is 9.84. The van der Waals surface area contributed by atoms with Gasteiger partial charge >= 0.3 is 0 Å². The number of hydrogen-bond acceptors (Lipinski definition) is 4. The summed E-state index contributed by atoms with van der Waals surface area (Å²) in [4.78, 5) is 0. The van der Waals surface area contributed by atoms with Gasteiger partial charge in [-0.25, -0.2) is 0 Å². The zero-order valence-electron chi connectivity index (χ0n) is 25.8. The minimum absolute atomic E-state index is 0.0466. The number of hydrogen-bond donors (Lipinski definition) is 0. The van der Waals surface area contributed by atoms with Gasteiger partial charge in [-0.2, -0.15) is 0 Å². The van der Waals surface area contributed by atoms with Crippen molar-refractivity contribution >= 4 is 0 Å². The van der Waals surface area contributed by atoms with E-state index in [2.05, 4.69) is 95.2 Å². The number of methoxy groups -OCH3 is 4. The fourth-order valence-corrected chi connectivity index (χ4v) is 5.04. The fraction of sp³-hybridized carbons (Fsp3) is 0.625. The van der Waals surface area contributed by atoms with Crippen LogP contribution >= 0.6 is 0 Å². The van der Waals surface area contributed by atoms with Gasteiger partial charge in [-0.05, 0) is 43.9 Å². The summed E-state index contributed by atoms with van der Waals surface area (Å²) >= 11 is 0. The molecule has 4 nitrogen and oxygen atoms in total. The molecular weight excluding hydrogens is 448 g/mol. The minimum Gasteiger partial charge on any atom is -0.496 e. The molecule has 0 N–H and O–H groups in total. The highest BCUT2D eigenvalue weighted by molar-refractivity contribution is 5.88. The van der Waals surface area contributed by atoms with Crippen molar-refractivity contribution in [2.45, 2.75) is 105 Å². The average Bonchev–Trinajstić information content (AvgIpc) is 2.73. The Labute approximate surface area is 220 Å². The van der Waals surface area contributed by atoms with Crippen LogP contribution in [-0.2, 0) is 21.7 Å². The number of ether oxygens (including phenoxy) is 4. The highest BCUT2D eigenvalue weighted by Crippen LogP contribution is 2.58. The topological polar surface area (TPSA) is 36.9 Å². The van der Waals surface area contributed by atoms with Gasteiger partial charge in [0.25, 0.3) is 0 Å². The van der Waals surface area contributed by atoms with Gasteiger partial charge in [0, 0.05) is 5.56 Å². The van der Waals surface area contributed by atoms with Crippen LogP contribution in [0.1, 0.15) is 105 Å². The summed E-state index contributed by atoms with van der Waals surface area (Å²) in [5, 5.41) is 0. The summed E-state index contributed by atoms with van der Waals surface area (Å²) in [6.07, 6.45) is 0. The summed E-state index contributed by atoms with van der Waals surface area (Å²) < 4.78 is 24.3. The van der Waals surface area contributed by atoms with Crippen LogP contribution in [0.4, 0.5) is 0 Å². The van der Waals surface area contributed by atoms with Crippen LogP contribution in [0.5, 0.6) is 23.0 Å². The lowest BCUT2D eigenvalue weighted by molar-refractivity contribution is 0.310. The van der Waals surface area contributed by atoms with Gasteiger partial charge < -0.3 is 18.9 Å². The monoisotopic (exact) mass is 498 g/mol. The third-order valence-electron chi connectivity index (χ3n) is 6.72. The summed E-state index contributed by atoms with van der Waals surface area (Å²) in [7, 11) is 6.75. The van der Waals surface area contributed by atoms with Crippen molar-refractivity contribution in [2.24, 2.45) is 0 Å². The molecule has 0 radical (unpaired) electrons. The molecule has 0 heterocycles. The van der Waals surface area contributed by atoms with E-state index >= 15 is 0 Å². The Kier molecular flexibility index (Phi) is 8.16. The van der Waals surface area contributed by atoms with E-state index in [1.165, 1.54) is 16.7 Å². The zero-order chi connectivity index (χ0) is 28.0. The molecular formula is C32H50O4. The van der Waals surface area contributed by atoms with E-state index < -0.39 is 0 Å². The van der Waals surface area contributed by atoms with E-state index in [1.54, 1.807) is 28.4 Å². The third kappa shape index (κ3) is 5.48. The van der Waals surface area contributed by atoms with Crippen molar-refractivity contribution in [3.8, 4) is 34.1 Å². The van der Waals surface area contributed by atoms with Crippen molar-refractivity contribution in [3.63, 3.8) is 0 Å². The van der Waals surface area contributed by atoms with Crippen LogP contribution in [0.2, 0.25) is 0 Å². The zero-order valence-corrected chi connectivity index (χ0v) is 25.8. The van der Waals surface area contributed by atoms with Crippen LogP contribution in [-0.4, -0.2) is 28.4 Å². The smallest absolute Gasteiger partial charge is 0.204 e. The van der Waals surface area contributed by atoms with Crippen LogP contribution in [0.3, 0.4) is 0 Å². The Bertz CT molecular complexity index is 1100. The highest BCUT2D eigenvalue weighted by atomic mass is 16.5. The van der Waals surface area contributed by atoms with E-state index in [0.717, 1.165) is 22.4 Å². The molecule has 2 aromatic rings. The molecule has 0 bridgehead atoms. The maximum atomic E-state index is 6.24. The maximum absolute atomic E-state index is 6.24. The van der Waals surface area contributed by atoms with Crippen molar-refractivity contribution < 1.29 is 18.9 Å². The lowest BCUT2D eigenvalue weighted by Gasteiger charge is -2.36. The van der Waals surface area contributed by atoms with E-state index in [-0.39, 0.29) is 21.7 Å². The van der Waals surface area contributed by atoms with Crippen LogP contribution in [0, 0.1) is 0 Å². The van der Waals surface area contributed by atoms with Gasteiger partial charge in [0.2, 0.25) is 5.75 Å². The minimum atomic E-state index is -0.276. The molecule has 4 heteroatoms. The Balaban J connectivity index is 3.42.